The van der Waals surface area contributed by atoms with Crippen LogP contribution < -0.4 is 0 Å². The molecule has 0 unspecified atom stereocenters. The lowest BCUT2D eigenvalue weighted by atomic mass is 10.1. The summed E-state index contributed by atoms with van der Waals surface area (Å²) in [5, 5.41) is 0. The molecule has 82 valence electrons. The van der Waals surface area contributed by atoms with E-state index in [2.05, 4.69) is 31.2 Å². The van der Waals surface area contributed by atoms with Gasteiger partial charge in [-0.2, -0.15) is 0 Å². The normalized spacial score (nSPS) is 10.0. The van der Waals surface area contributed by atoms with Crippen LogP contribution in [0.1, 0.15) is 31.4 Å². The molecular weight excluding hydrogens is 188 g/mol. The number of esters is 1. The van der Waals surface area contributed by atoms with E-state index in [0.717, 1.165) is 12.8 Å². The van der Waals surface area contributed by atoms with E-state index in [0.29, 0.717) is 13.0 Å². The summed E-state index contributed by atoms with van der Waals surface area (Å²) in [5.74, 6) is -0.114. The molecule has 0 saturated carbocycles. The molecule has 15 heavy (non-hydrogen) atoms. The van der Waals surface area contributed by atoms with Crippen LogP contribution >= 0.6 is 0 Å². The van der Waals surface area contributed by atoms with Crippen molar-refractivity contribution >= 4 is 5.97 Å². The number of hydrogen-bond acceptors (Lipinski definition) is 2. The topological polar surface area (TPSA) is 26.3 Å². The van der Waals surface area contributed by atoms with Crippen molar-refractivity contribution in [2.75, 3.05) is 6.61 Å². The van der Waals surface area contributed by atoms with Gasteiger partial charge in [-0.15, -0.1) is 0 Å². The SMILES string of the molecule is CCOC(=O)CCc1ccc(CC)cc1. The second-order valence-corrected chi connectivity index (χ2v) is 3.48. The number of carbonyl (C=O) groups excluding carboxylic acids is 1. The van der Waals surface area contributed by atoms with Gasteiger partial charge in [-0.1, -0.05) is 31.2 Å². The van der Waals surface area contributed by atoms with Crippen LogP contribution in [0.3, 0.4) is 0 Å². The van der Waals surface area contributed by atoms with E-state index in [9.17, 15) is 4.79 Å². The first kappa shape index (κ1) is 11.8. The molecule has 2 nitrogen and oxygen atoms in total. The Balaban J connectivity index is 2.40. The van der Waals surface area contributed by atoms with Crippen molar-refractivity contribution in [3.63, 3.8) is 0 Å². The predicted molar refractivity (Wildman–Crippen MR) is 60.8 cm³/mol. The first-order valence-electron chi connectivity index (χ1n) is 5.49. The molecule has 0 aromatic heterocycles. The van der Waals surface area contributed by atoms with Gasteiger partial charge in [0.15, 0.2) is 0 Å². The van der Waals surface area contributed by atoms with Crippen LogP contribution in [0.2, 0.25) is 0 Å². The summed E-state index contributed by atoms with van der Waals surface area (Å²) in [6.45, 7) is 4.43. The highest BCUT2D eigenvalue weighted by molar-refractivity contribution is 5.69. The average molecular weight is 206 g/mol. The zero-order valence-electron chi connectivity index (χ0n) is 9.45. The molecule has 0 aliphatic rings. The molecule has 0 bridgehead atoms. The molecule has 0 radical (unpaired) electrons. The summed E-state index contributed by atoms with van der Waals surface area (Å²) in [5.41, 5.74) is 2.52. The van der Waals surface area contributed by atoms with Crippen LogP contribution in [0.15, 0.2) is 24.3 Å². The van der Waals surface area contributed by atoms with Gasteiger partial charge in [0, 0.05) is 6.42 Å². The standard InChI is InChI=1S/C13H18O2/c1-3-11-5-7-12(8-6-11)9-10-13(14)15-4-2/h5-8H,3-4,9-10H2,1-2H3. The summed E-state index contributed by atoms with van der Waals surface area (Å²) in [6, 6.07) is 8.39. The summed E-state index contributed by atoms with van der Waals surface area (Å²) in [6.07, 6.45) is 2.29. The number of aryl methyl sites for hydroxylation is 2. The maximum Gasteiger partial charge on any atom is 0.306 e. The van der Waals surface area contributed by atoms with Gasteiger partial charge in [0.1, 0.15) is 0 Å². The lowest BCUT2D eigenvalue weighted by Crippen LogP contribution is -2.05. The highest BCUT2D eigenvalue weighted by atomic mass is 16.5. The zero-order chi connectivity index (χ0) is 11.1. The Hall–Kier alpha value is -1.31. The molecule has 2 heteroatoms. The van der Waals surface area contributed by atoms with Crippen molar-refractivity contribution < 1.29 is 9.53 Å². The molecule has 1 rings (SSSR count). The minimum atomic E-state index is -0.114. The Morgan fingerprint density at radius 2 is 1.73 bits per heavy atom. The smallest absolute Gasteiger partial charge is 0.306 e. The van der Waals surface area contributed by atoms with E-state index >= 15 is 0 Å². The highest BCUT2D eigenvalue weighted by Gasteiger charge is 2.02. The number of carbonyl (C=O) groups is 1. The van der Waals surface area contributed by atoms with E-state index in [-0.39, 0.29) is 5.97 Å². The van der Waals surface area contributed by atoms with Gasteiger partial charge >= 0.3 is 5.97 Å². The maximum absolute atomic E-state index is 11.1. The molecule has 0 atom stereocenters. The third kappa shape index (κ3) is 4.15. The molecule has 0 amide bonds. The van der Waals surface area contributed by atoms with Crippen LogP contribution in [0.25, 0.3) is 0 Å². The van der Waals surface area contributed by atoms with Gasteiger partial charge in [-0.3, -0.25) is 4.79 Å². The van der Waals surface area contributed by atoms with E-state index in [4.69, 9.17) is 4.74 Å². The van der Waals surface area contributed by atoms with Crippen molar-refractivity contribution in [2.45, 2.75) is 33.1 Å². The monoisotopic (exact) mass is 206 g/mol. The van der Waals surface area contributed by atoms with Crippen LogP contribution in [-0.4, -0.2) is 12.6 Å². The van der Waals surface area contributed by atoms with Crippen LogP contribution in [0.5, 0.6) is 0 Å². The van der Waals surface area contributed by atoms with Gasteiger partial charge in [0.2, 0.25) is 0 Å². The Bertz CT molecular complexity index is 301. The van der Waals surface area contributed by atoms with Crippen molar-refractivity contribution in [3.05, 3.63) is 35.4 Å². The molecule has 0 spiro atoms. The van der Waals surface area contributed by atoms with E-state index < -0.39 is 0 Å². The molecule has 0 fully saturated rings. The summed E-state index contributed by atoms with van der Waals surface area (Å²) >= 11 is 0. The minimum Gasteiger partial charge on any atom is -0.466 e. The van der Waals surface area contributed by atoms with Crippen molar-refractivity contribution in [1.29, 1.82) is 0 Å². The first-order valence-corrected chi connectivity index (χ1v) is 5.49. The van der Waals surface area contributed by atoms with Crippen LogP contribution in [-0.2, 0) is 22.4 Å². The third-order valence-electron chi connectivity index (χ3n) is 2.35. The molecule has 0 saturated heterocycles. The Morgan fingerprint density at radius 3 is 2.27 bits per heavy atom. The second kappa shape index (κ2) is 6.23. The second-order valence-electron chi connectivity index (χ2n) is 3.48. The first-order chi connectivity index (χ1) is 7.26. The molecule has 1 aromatic rings. The van der Waals surface area contributed by atoms with E-state index in [1.165, 1.54) is 11.1 Å². The fourth-order valence-electron chi connectivity index (χ4n) is 1.42. The van der Waals surface area contributed by atoms with Gasteiger partial charge < -0.3 is 4.74 Å². The predicted octanol–water partition coefficient (Wildman–Crippen LogP) is 2.74. The Labute approximate surface area is 91.3 Å². The van der Waals surface area contributed by atoms with Gasteiger partial charge in [0.05, 0.1) is 6.61 Å². The number of rotatable bonds is 5. The maximum atomic E-state index is 11.1. The average Bonchev–Trinajstić information content (AvgIpc) is 2.27. The molecule has 0 aliphatic heterocycles. The number of hydrogen-bond donors (Lipinski definition) is 0. The van der Waals surface area contributed by atoms with Gasteiger partial charge in [-0.25, -0.2) is 0 Å². The summed E-state index contributed by atoms with van der Waals surface area (Å²) in [4.78, 5) is 11.1. The van der Waals surface area contributed by atoms with E-state index in [1.54, 1.807) is 0 Å². The van der Waals surface area contributed by atoms with Crippen molar-refractivity contribution in [2.24, 2.45) is 0 Å². The summed E-state index contributed by atoms with van der Waals surface area (Å²) in [7, 11) is 0. The Kier molecular flexibility index (Phi) is 4.88. The molecule has 0 N–H and O–H groups in total. The molecule has 0 aliphatic carbocycles. The fraction of sp³-hybridized carbons (Fsp3) is 0.462. The van der Waals surface area contributed by atoms with Gasteiger partial charge in [0.25, 0.3) is 0 Å². The van der Waals surface area contributed by atoms with Crippen LogP contribution in [0, 0.1) is 0 Å². The lowest BCUT2D eigenvalue weighted by molar-refractivity contribution is -0.143. The lowest BCUT2D eigenvalue weighted by Gasteiger charge is -2.03. The number of benzene rings is 1. The Morgan fingerprint density at radius 1 is 1.13 bits per heavy atom. The fourth-order valence-corrected chi connectivity index (χ4v) is 1.42. The summed E-state index contributed by atoms with van der Waals surface area (Å²) < 4.78 is 4.87. The van der Waals surface area contributed by atoms with Crippen molar-refractivity contribution in [3.8, 4) is 0 Å². The van der Waals surface area contributed by atoms with Crippen LogP contribution in [0.4, 0.5) is 0 Å². The largest absolute Gasteiger partial charge is 0.466 e. The van der Waals surface area contributed by atoms with Crippen molar-refractivity contribution in [1.82, 2.24) is 0 Å². The molecule has 1 aromatic carbocycles. The quantitative estimate of drug-likeness (QED) is 0.692. The van der Waals surface area contributed by atoms with Gasteiger partial charge in [-0.05, 0) is 30.9 Å². The van der Waals surface area contributed by atoms with E-state index in [1.807, 2.05) is 6.92 Å². The molecular formula is C13H18O2. The molecule has 0 heterocycles. The highest BCUT2D eigenvalue weighted by Crippen LogP contribution is 2.07. The number of ether oxygens (including phenoxy) is 1. The minimum absolute atomic E-state index is 0.114. The zero-order valence-corrected chi connectivity index (χ0v) is 9.45. The third-order valence-corrected chi connectivity index (χ3v) is 2.35.